The summed E-state index contributed by atoms with van der Waals surface area (Å²) in [5.74, 6) is 2.03. The van der Waals surface area contributed by atoms with E-state index in [1.165, 1.54) is 0 Å². The van der Waals surface area contributed by atoms with E-state index in [0.717, 1.165) is 39.9 Å². The van der Waals surface area contributed by atoms with Crippen LogP contribution in [0, 0.1) is 6.92 Å². The molecule has 2 aromatic heterocycles. The van der Waals surface area contributed by atoms with Gasteiger partial charge in [-0.1, -0.05) is 42.5 Å². The first kappa shape index (κ1) is 22.6. The largest absolute Gasteiger partial charge is 0.493 e. The molecule has 0 aliphatic heterocycles. The average Bonchev–Trinajstić information content (AvgIpc) is 2.86. The Morgan fingerprint density at radius 1 is 0.818 bits per heavy atom. The van der Waals surface area contributed by atoms with Gasteiger partial charge in [0, 0.05) is 43.4 Å². The highest BCUT2D eigenvalue weighted by Gasteiger charge is 2.14. The van der Waals surface area contributed by atoms with Gasteiger partial charge < -0.3 is 18.9 Å². The SMILES string of the molecule is COCCCOc1ccnc(OCc2nc3ccccc3c(OCc3ccccc3)c2C)c1. The van der Waals surface area contributed by atoms with Gasteiger partial charge in [0.1, 0.15) is 24.7 Å². The van der Waals surface area contributed by atoms with E-state index >= 15 is 0 Å². The van der Waals surface area contributed by atoms with E-state index in [2.05, 4.69) is 17.1 Å². The van der Waals surface area contributed by atoms with E-state index in [4.69, 9.17) is 23.9 Å². The van der Waals surface area contributed by atoms with Crippen LogP contribution in [-0.2, 0) is 18.0 Å². The number of hydrogen-bond acceptors (Lipinski definition) is 6. The van der Waals surface area contributed by atoms with Crippen molar-refractivity contribution in [3.63, 3.8) is 0 Å². The first-order valence-corrected chi connectivity index (χ1v) is 11.0. The third-order valence-corrected chi connectivity index (χ3v) is 5.23. The average molecular weight is 445 g/mol. The van der Waals surface area contributed by atoms with Gasteiger partial charge in [-0.25, -0.2) is 9.97 Å². The van der Waals surface area contributed by atoms with Gasteiger partial charge in [-0.3, -0.25) is 0 Å². The van der Waals surface area contributed by atoms with E-state index in [-0.39, 0.29) is 6.61 Å². The fourth-order valence-corrected chi connectivity index (χ4v) is 3.48. The fourth-order valence-electron chi connectivity index (χ4n) is 3.48. The lowest BCUT2D eigenvalue weighted by molar-refractivity contribution is 0.172. The minimum absolute atomic E-state index is 0.276. The Hall–Kier alpha value is -3.64. The lowest BCUT2D eigenvalue weighted by Crippen LogP contribution is -2.06. The Balaban J connectivity index is 1.50. The van der Waals surface area contributed by atoms with Gasteiger partial charge in [0.15, 0.2) is 0 Å². The van der Waals surface area contributed by atoms with E-state index in [9.17, 15) is 0 Å². The van der Waals surface area contributed by atoms with E-state index in [1.807, 2.05) is 55.5 Å². The van der Waals surface area contributed by atoms with Crippen molar-refractivity contribution in [2.45, 2.75) is 26.6 Å². The summed E-state index contributed by atoms with van der Waals surface area (Å²) in [4.78, 5) is 9.12. The van der Waals surface area contributed by atoms with Crippen LogP contribution in [0.15, 0.2) is 72.9 Å². The second-order valence-corrected chi connectivity index (χ2v) is 7.62. The molecule has 0 amide bonds. The third-order valence-electron chi connectivity index (χ3n) is 5.23. The van der Waals surface area contributed by atoms with E-state index < -0.39 is 0 Å². The summed E-state index contributed by atoms with van der Waals surface area (Å²) in [7, 11) is 1.68. The molecule has 0 atom stereocenters. The molecule has 0 spiro atoms. The minimum atomic E-state index is 0.276. The fraction of sp³-hybridized carbons (Fsp3) is 0.259. The van der Waals surface area contributed by atoms with Crippen LogP contribution in [0.3, 0.4) is 0 Å². The molecule has 0 aliphatic carbocycles. The molecule has 0 saturated carbocycles. The summed E-state index contributed by atoms with van der Waals surface area (Å²) in [5, 5.41) is 0.985. The van der Waals surface area contributed by atoms with Crippen molar-refractivity contribution < 1.29 is 18.9 Å². The predicted octanol–water partition coefficient (Wildman–Crippen LogP) is 5.51. The monoisotopic (exact) mass is 444 g/mol. The molecule has 0 saturated heterocycles. The number of hydrogen-bond donors (Lipinski definition) is 0. The second kappa shape index (κ2) is 11.3. The van der Waals surface area contributed by atoms with Crippen LogP contribution in [0.5, 0.6) is 17.4 Å². The molecule has 4 aromatic rings. The number of nitrogens with zero attached hydrogens (tertiary/aromatic N) is 2. The highest BCUT2D eigenvalue weighted by Crippen LogP contribution is 2.31. The molecule has 0 fully saturated rings. The molecule has 0 N–H and O–H groups in total. The number of ether oxygens (including phenoxy) is 4. The Kier molecular flexibility index (Phi) is 7.72. The zero-order chi connectivity index (χ0) is 22.9. The minimum Gasteiger partial charge on any atom is -0.493 e. The van der Waals surface area contributed by atoms with Crippen molar-refractivity contribution in [3.05, 3.63) is 89.7 Å². The first-order chi connectivity index (χ1) is 16.2. The van der Waals surface area contributed by atoms with Crippen LogP contribution in [0.4, 0.5) is 0 Å². The summed E-state index contributed by atoms with van der Waals surface area (Å²) < 4.78 is 23.0. The van der Waals surface area contributed by atoms with Crippen LogP contribution in [0.1, 0.15) is 23.2 Å². The maximum Gasteiger partial charge on any atom is 0.217 e. The number of fused-ring (bicyclic) bond motifs is 1. The second-order valence-electron chi connectivity index (χ2n) is 7.62. The predicted molar refractivity (Wildman–Crippen MR) is 128 cm³/mol. The molecule has 0 unspecified atom stereocenters. The molecule has 2 aromatic carbocycles. The van der Waals surface area contributed by atoms with Crippen molar-refractivity contribution in [2.24, 2.45) is 0 Å². The molecular formula is C27H28N2O4. The summed E-state index contributed by atoms with van der Waals surface area (Å²) in [6.07, 6.45) is 2.50. The molecule has 0 bridgehead atoms. The van der Waals surface area contributed by atoms with E-state index in [1.54, 1.807) is 19.4 Å². The van der Waals surface area contributed by atoms with Crippen molar-refractivity contribution in [1.29, 1.82) is 0 Å². The van der Waals surface area contributed by atoms with Gasteiger partial charge in [-0.05, 0) is 30.7 Å². The highest BCUT2D eigenvalue weighted by molar-refractivity contribution is 5.86. The van der Waals surface area contributed by atoms with Gasteiger partial charge in [-0.15, -0.1) is 0 Å². The van der Waals surface area contributed by atoms with Crippen molar-refractivity contribution in [1.82, 2.24) is 9.97 Å². The molecule has 33 heavy (non-hydrogen) atoms. The van der Waals surface area contributed by atoms with Crippen LogP contribution in [0.2, 0.25) is 0 Å². The molecule has 4 rings (SSSR count). The van der Waals surface area contributed by atoms with Gasteiger partial charge in [0.2, 0.25) is 5.88 Å². The Labute approximate surface area is 194 Å². The number of para-hydroxylation sites is 1. The Bertz CT molecular complexity index is 1180. The van der Waals surface area contributed by atoms with Crippen LogP contribution in [-0.4, -0.2) is 30.3 Å². The molecule has 6 heteroatoms. The number of pyridine rings is 2. The van der Waals surface area contributed by atoms with Crippen LogP contribution < -0.4 is 14.2 Å². The molecule has 0 radical (unpaired) electrons. The number of benzene rings is 2. The van der Waals surface area contributed by atoms with Crippen molar-refractivity contribution in [2.75, 3.05) is 20.3 Å². The number of methoxy groups -OCH3 is 1. The summed E-state index contributed by atoms with van der Waals surface area (Å²) in [6, 6.07) is 21.7. The first-order valence-electron chi connectivity index (χ1n) is 11.0. The molecule has 0 aliphatic rings. The summed E-state index contributed by atoms with van der Waals surface area (Å²) >= 11 is 0. The number of rotatable bonds is 11. The van der Waals surface area contributed by atoms with Gasteiger partial charge >= 0.3 is 0 Å². The lowest BCUT2D eigenvalue weighted by Gasteiger charge is -2.16. The van der Waals surface area contributed by atoms with Crippen LogP contribution >= 0.6 is 0 Å². The maximum atomic E-state index is 6.27. The van der Waals surface area contributed by atoms with Crippen LogP contribution in [0.25, 0.3) is 10.9 Å². The summed E-state index contributed by atoms with van der Waals surface area (Å²) in [5.41, 5.74) is 3.75. The Morgan fingerprint density at radius 2 is 1.64 bits per heavy atom. The highest BCUT2D eigenvalue weighted by atomic mass is 16.5. The number of aromatic nitrogens is 2. The summed E-state index contributed by atoms with van der Waals surface area (Å²) in [6.45, 7) is 4.01. The molecule has 2 heterocycles. The van der Waals surface area contributed by atoms with Gasteiger partial charge in [-0.2, -0.15) is 0 Å². The topological polar surface area (TPSA) is 62.7 Å². The standard InChI is InChI=1S/C27H28N2O4/c1-20-25(19-32-26-17-22(13-14-28-26)31-16-8-15-30-2)29-24-12-7-6-11-23(24)27(20)33-18-21-9-4-3-5-10-21/h3-7,9-14,17H,8,15-16,18-19H2,1-2H3. The molecule has 170 valence electrons. The Morgan fingerprint density at radius 3 is 2.48 bits per heavy atom. The smallest absolute Gasteiger partial charge is 0.217 e. The molecular weight excluding hydrogens is 416 g/mol. The normalized spacial score (nSPS) is 10.8. The zero-order valence-electron chi connectivity index (χ0n) is 19.0. The van der Waals surface area contributed by atoms with Gasteiger partial charge in [0.05, 0.1) is 17.8 Å². The lowest BCUT2D eigenvalue weighted by atomic mass is 10.1. The van der Waals surface area contributed by atoms with Crippen molar-refractivity contribution >= 4 is 10.9 Å². The zero-order valence-corrected chi connectivity index (χ0v) is 19.0. The van der Waals surface area contributed by atoms with Crippen molar-refractivity contribution in [3.8, 4) is 17.4 Å². The maximum absolute atomic E-state index is 6.27. The van der Waals surface area contributed by atoms with E-state index in [0.29, 0.717) is 31.5 Å². The third kappa shape index (κ3) is 5.99. The quantitative estimate of drug-likeness (QED) is 0.284. The van der Waals surface area contributed by atoms with Gasteiger partial charge in [0.25, 0.3) is 0 Å². The molecule has 6 nitrogen and oxygen atoms in total.